The van der Waals surface area contributed by atoms with E-state index in [1.165, 1.54) is 6.33 Å². The number of terminal acetylenes is 1. The molecule has 0 unspecified atom stereocenters. The van der Waals surface area contributed by atoms with Crippen LogP contribution in [0.1, 0.15) is 22.5 Å². The van der Waals surface area contributed by atoms with Gasteiger partial charge >= 0.3 is 6.01 Å². The predicted octanol–water partition coefficient (Wildman–Crippen LogP) is 4.33. The van der Waals surface area contributed by atoms with Gasteiger partial charge in [-0.05, 0) is 49.2 Å². The summed E-state index contributed by atoms with van der Waals surface area (Å²) in [6.45, 7) is 3.80. The summed E-state index contributed by atoms with van der Waals surface area (Å²) in [4.78, 5) is 21.5. The Balaban J connectivity index is 1.74. The summed E-state index contributed by atoms with van der Waals surface area (Å²) in [5, 5.41) is 10.6. The molecule has 0 saturated carbocycles. The fourth-order valence-corrected chi connectivity index (χ4v) is 4.19. The zero-order valence-corrected chi connectivity index (χ0v) is 19.8. The van der Waals surface area contributed by atoms with Crippen LogP contribution in [-0.4, -0.2) is 29.5 Å². The molecule has 4 heterocycles. The number of ether oxygens (including phenoxy) is 1. The Kier molecular flexibility index (Phi) is 5.51. The number of anilines is 1. The first kappa shape index (κ1) is 22.5. The molecule has 0 aliphatic rings. The number of benzene rings is 1. The quantitative estimate of drug-likeness (QED) is 0.383. The van der Waals surface area contributed by atoms with E-state index in [1.807, 2.05) is 37.6 Å². The number of nitriles is 1. The Labute approximate surface area is 207 Å². The van der Waals surface area contributed by atoms with Gasteiger partial charge in [0.1, 0.15) is 35.3 Å². The summed E-state index contributed by atoms with van der Waals surface area (Å²) < 4.78 is 7.76. The molecule has 1 aromatic carbocycles. The summed E-state index contributed by atoms with van der Waals surface area (Å²) in [6, 6.07) is 11.3. The highest BCUT2D eigenvalue weighted by Crippen LogP contribution is 2.43. The number of aryl methyl sites for hydroxylation is 3. The van der Waals surface area contributed by atoms with Crippen LogP contribution < -0.4 is 10.5 Å². The molecular formula is C27H20N8O. The number of hydrogen-bond donors (Lipinski definition) is 1. The van der Waals surface area contributed by atoms with E-state index >= 15 is 0 Å². The minimum absolute atomic E-state index is 0.165. The number of fused-ring (bicyclic) bond motifs is 1. The standard InChI is InChI=1S/C27H20N8O/c1-5-19-10-15(2)20(13-31-19)24-22(23-25(29)32-14-33-26(23)35(24)4)17-6-7-21(18(11-17)12-28)36-27-30-9-8-16(3)34-27/h1,6-11,13-14H,2-4H3,(H2,29,32,33). The van der Waals surface area contributed by atoms with Gasteiger partial charge in [0.15, 0.2) is 0 Å². The third kappa shape index (κ3) is 3.75. The van der Waals surface area contributed by atoms with Crippen LogP contribution in [0.2, 0.25) is 0 Å². The number of rotatable bonds is 4. The lowest BCUT2D eigenvalue weighted by Crippen LogP contribution is -1.98. The molecule has 9 heteroatoms. The molecule has 0 aliphatic heterocycles. The fraction of sp³-hybridized carbons (Fsp3) is 0.111. The van der Waals surface area contributed by atoms with E-state index in [1.54, 1.807) is 30.6 Å². The zero-order chi connectivity index (χ0) is 25.4. The van der Waals surface area contributed by atoms with Crippen LogP contribution in [0.25, 0.3) is 33.4 Å². The summed E-state index contributed by atoms with van der Waals surface area (Å²) in [7, 11) is 1.90. The van der Waals surface area contributed by atoms with E-state index in [4.69, 9.17) is 16.9 Å². The first-order chi connectivity index (χ1) is 17.4. The van der Waals surface area contributed by atoms with Crippen LogP contribution in [-0.2, 0) is 7.05 Å². The highest BCUT2D eigenvalue weighted by molar-refractivity contribution is 6.08. The van der Waals surface area contributed by atoms with Gasteiger partial charge in [-0.1, -0.05) is 12.0 Å². The molecule has 2 N–H and O–H groups in total. The van der Waals surface area contributed by atoms with E-state index in [0.717, 1.165) is 33.6 Å². The van der Waals surface area contributed by atoms with E-state index < -0.39 is 0 Å². The predicted molar refractivity (Wildman–Crippen MR) is 136 cm³/mol. The molecule has 36 heavy (non-hydrogen) atoms. The normalized spacial score (nSPS) is 10.7. The largest absolute Gasteiger partial charge is 0.423 e. The Morgan fingerprint density at radius 3 is 2.64 bits per heavy atom. The maximum atomic E-state index is 9.93. The van der Waals surface area contributed by atoms with Crippen molar-refractivity contribution >= 4 is 16.9 Å². The van der Waals surface area contributed by atoms with Gasteiger partial charge in [0.25, 0.3) is 0 Å². The van der Waals surface area contributed by atoms with Crippen molar-refractivity contribution in [3.8, 4) is 52.6 Å². The second-order valence-electron chi connectivity index (χ2n) is 8.17. The monoisotopic (exact) mass is 472 g/mol. The van der Waals surface area contributed by atoms with Gasteiger partial charge in [0.2, 0.25) is 0 Å². The van der Waals surface area contributed by atoms with Crippen molar-refractivity contribution in [1.29, 1.82) is 5.26 Å². The van der Waals surface area contributed by atoms with Crippen molar-refractivity contribution in [2.75, 3.05) is 5.73 Å². The molecule has 9 nitrogen and oxygen atoms in total. The summed E-state index contributed by atoms with van der Waals surface area (Å²) in [5.41, 5.74) is 12.7. The Bertz CT molecular complexity index is 1740. The smallest absolute Gasteiger partial charge is 0.322 e. The maximum absolute atomic E-state index is 9.93. The van der Waals surface area contributed by atoms with Gasteiger partial charge in [-0.2, -0.15) is 5.26 Å². The first-order valence-corrected chi connectivity index (χ1v) is 11.0. The van der Waals surface area contributed by atoms with E-state index in [0.29, 0.717) is 33.9 Å². The van der Waals surface area contributed by atoms with Gasteiger partial charge in [-0.3, -0.25) is 0 Å². The first-order valence-electron chi connectivity index (χ1n) is 11.0. The highest BCUT2D eigenvalue weighted by atomic mass is 16.5. The van der Waals surface area contributed by atoms with Crippen LogP contribution >= 0.6 is 0 Å². The molecule has 0 atom stereocenters. The molecule has 0 fully saturated rings. The van der Waals surface area contributed by atoms with Crippen LogP contribution in [0.3, 0.4) is 0 Å². The van der Waals surface area contributed by atoms with Gasteiger partial charge in [0.05, 0.1) is 16.6 Å². The Hall–Kier alpha value is -5.28. The molecule has 174 valence electrons. The molecule has 5 aromatic rings. The second-order valence-corrected chi connectivity index (χ2v) is 8.17. The number of hydrogen-bond acceptors (Lipinski definition) is 8. The van der Waals surface area contributed by atoms with Gasteiger partial charge in [-0.15, -0.1) is 6.42 Å². The van der Waals surface area contributed by atoms with Crippen molar-refractivity contribution in [3.05, 3.63) is 71.6 Å². The van der Waals surface area contributed by atoms with Crippen LogP contribution in [0, 0.1) is 37.5 Å². The summed E-state index contributed by atoms with van der Waals surface area (Å²) in [5.74, 6) is 3.24. The van der Waals surface area contributed by atoms with Gasteiger partial charge in [0, 0.05) is 36.3 Å². The van der Waals surface area contributed by atoms with Crippen molar-refractivity contribution in [2.45, 2.75) is 13.8 Å². The lowest BCUT2D eigenvalue weighted by atomic mass is 9.96. The van der Waals surface area contributed by atoms with Crippen molar-refractivity contribution in [1.82, 2.24) is 29.5 Å². The molecular weight excluding hydrogens is 452 g/mol. The van der Waals surface area contributed by atoms with Crippen LogP contribution in [0.15, 0.2) is 49.1 Å². The third-order valence-corrected chi connectivity index (χ3v) is 5.87. The molecule has 0 spiro atoms. The maximum Gasteiger partial charge on any atom is 0.322 e. The van der Waals surface area contributed by atoms with Crippen molar-refractivity contribution in [2.24, 2.45) is 7.05 Å². The number of pyridine rings is 1. The number of aromatic nitrogens is 6. The highest BCUT2D eigenvalue weighted by Gasteiger charge is 2.24. The fourth-order valence-electron chi connectivity index (χ4n) is 4.19. The molecule has 0 amide bonds. The van der Waals surface area contributed by atoms with Crippen molar-refractivity contribution < 1.29 is 4.74 Å². The lowest BCUT2D eigenvalue weighted by Gasteiger charge is -2.13. The minimum Gasteiger partial charge on any atom is -0.423 e. The number of nitrogen functional groups attached to an aromatic ring is 1. The van der Waals surface area contributed by atoms with Crippen LogP contribution in [0.5, 0.6) is 11.8 Å². The van der Waals surface area contributed by atoms with Gasteiger partial charge in [-0.25, -0.2) is 24.9 Å². The van der Waals surface area contributed by atoms with Crippen molar-refractivity contribution in [3.63, 3.8) is 0 Å². The third-order valence-electron chi connectivity index (χ3n) is 5.87. The Morgan fingerprint density at radius 1 is 1.08 bits per heavy atom. The second kappa shape index (κ2) is 8.82. The SMILES string of the molecule is C#Cc1cc(C)c(-c2c(-c3ccc(Oc4nccc(C)n4)c(C#N)c3)c3c(N)ncnc3n2C)cn1. The Morgan fingerprint density at radius 2 is 1.92 bits per heavy atom. The van der Waals surface area contributed by atoms with Crippen LogP contribution in [0.4, 0.5) is 5.82 Å². The topological polar surface area (TPSA) is 128 Å². The lowest BCUT2D eigenvalue weighted by molar-refractivity contribution is 0.439. The molecule has 4 aromatic heterocycles. The summed E-state index contributed by atoms with van der Waals surface area (Å²) >= 11 is 0. The van der Waals surface area contributed by atoms with E-state index in [9.17, 15) is 5.26 Å². The van der Waals surface area contributed by atoms with E-state index in [2.05, 4.69) is 36.9 Å². The average Bonchev–Trinajstić information content (AvgIpc) is 3.17. The zero-order valence-electron chi connectivity index (χ0n) is 19.8. The minimum atomic E-state index is 0.165. The number of nitrogens with two attached hydrogens (primary N) is 1. The van der Waals surface area contributed by atoms with Gasteiger partial charge < -0.3 is 15.0 Å². The van der Waals surface area contributed by atoms with E-state index in [-0.39, 0.29) is 6.01 Å². The summed E-state index contributed by atoms with van der Waals surface area (Å²) in [6.07, 6.45) is 10.3. The number of nitrogens with zero attached hydrogens (tertiary/aromatic N) is 7. The molecule has 0 aliphatic carbocycles. The molecule has 0 radical (unpaired) electrons. The average molecular weight is 473 g/mol. The molecule has 0 bridgehead atoms. The molecule has 0 saturated heterocycles. The molecule has 5 rings (SSSR count).